The van der Waals surface area contributed by atoms with Gasteiger partial charge in [-0.2, -0.15) is 0 Å². The third kappa shape index (κ3) is 3.43. The Hall–Kier alpha value is -3.30. The standard InChI is InChI=1S/C22H22F3N3O4/c1-3-26-18-6-11(2)9-27(18)28-10-14(20(30)21(31)19(28)22(26)32)17(29)5-4-13-15(24)7-12(23)8-16(13)25/h7-8,10-11,18,31H,3-6,9H2,1-2H3/t11-,18-/m0/s1. The first-order valence-corrected chi connectivity index (χ1v) is 10.4. The molecule has 0 bridgehead atoms. The van der Waals surface area contributed by atoms with Crippen molar-refractivity contribution in [2.24, 2.45) is 5.92 Å². The van der Waals surface area contributed by atoms with Crippen molar-refractivity contribution in [1.82, 2.24) is 9.58 Å². The number of benzene rings is 1. The number of aromatic nitrogens is 1. The first kappa shape index (κ1) is 21.9. The number of hydrogen-bond acceptors (Lipinski definition) is 5. The second-order valence-corrected chi connectivity index (χ2v) is 8.22. The number of carbonyl (C=O) groups excluding carboxylic acids is 2. The number of carbonyl (C=O) groups is 2. The van der Waals surface area contributed by atoms with Gasteiger partial charge in [0.05, 0.1) is 5.56 Å². The van der Waals surface area contributed by atoms with Crippen LogP contribution in [0.2, 0.25) is 0 Å². The Balaban J connectivity index is 1.70. The molecule has 4 rings (SSSR count). The summed E-state index contributed by atoms with van der Waals surface area (Å²) in [5, 5.41) is 12.3. The van der Waals surface area contributed by atoms with E-state index in [0.29, 0.717) is 31.6 Å². The molecule has 0 radical (unpaired) electrons. The van der Waals surface area contributed by atoms with Gasteiger partial charge in [-0.05, 0) is 25.7 Å². The van der Waals surface area contributed by atoms with E-state index in [1.807, 2.05) is 11.9 Å². The molecule has 10 heteroatoms. The Morgan fingerprint density at radius 3 is 2.47 bits per heavy atom. The van der Waals surface area contributed by atoms with Crippen LogP contribution < -0.4 is 10.4 Å². The fourth-order valence-corrected chi connectivity index (χ4v) is 4.52. The van der Waals surface area contributed by atoms with E-state index in [9.17, 15) is 32.7 Å². The zero-order chi connectivity index (χ0) is 23.3. The van der Waals surface area contributed by atoms with E-state index < -0.39 is 58.7 Å². The molecule has 7 nitrogen and oxygen atoms in total. The summed E-state index contributed by atoms with van der Waals surface area (Å²) < 4.78 is 42.2. The third-order valence-electron chi connectivity index (χ3n) is 6.07. The van der Waals surface area contributed by atoms with Crippen molar-refractivity contribution in [3.63, 3.8) is 0 Å². The van der Waals surface area contributed by atoms with Gasteiger partial charge in [-0.3, -0.25) is 24.1 Å². The average molecular weight is 449 g/mol. The maximum Gasteiger partial charge on any atom is 0.278 e. The van der Waals surface area contributed by atoms with Crippen molar-refractivity contribution in [2.45, 2.75) is 39.3 Å². The molecule has 0 spiro atoms. The van der Waals surface area contributed by atoms with Gasteiger partial charge < -0.3 is 10.0 Å². The van der Waals surface area contributed by atoms with Crippen LogP contribution in [0, 0.1) is 23.4 Å². The minimum absolute atomic E-state index is 0.214. The van der Waals surface area contributed by atoms with Crippen LogP contribution in [0.15, 0.2) is 23.1 Å². The second kappa shape index (κ2) is 7.99. The van der Waals surface area contributed by atoms with Crippen LogP contribution in [-0.4, -0.2) is 45.6 Å². The molecule has 0 saturated carbocycles. The quantitative estimate of drug-likeness (QED) is 0.710. The molecule has 2 aliphatic rings. The lowest BCUT2D eigenvalue weighted by Crippen LogP contribution is -2.58. The zero-order valence-electron chi connectivity index (χ0n) is 17.6. The lowest BCUT2D eigenvalue weighted by molar-refractivity contribution is 0.0604. The molecule has 170 valence electrons. The summed E-state index contributed by atoms with van der Waals surface area (Å²) in [6, 6.07) is 1.03. The van der Waals surface area contributed by atoms with Gasteiger partial charge in [-0.15, -0.1) is 0 Å². The van der Waals surface area contributed by atoms with Gasteiger partial charge in [-0.25, -0.2) is 13.2 Å². The van der Waals surface area contributed by atoms with Crippen LogP contribution in [0.5, 0.6) is 5.75 Å². The second-order valence-electron chi connectivity index (χ2n) is 8.22. The number of Topliss-reactive ketones (excluding diaryl/α,β-unsaturated/α-hetero) is 1. The number of ketones is 1. The Morgan fingerprint density at radius 2 is 1.84 bits per heavy atom. The molecule has 1 fully saturated rings. The molecule has 1 N–H and O–H groups in total. The van der Waals surface area contributed by atoms with Crippen molar-refractivity contribution in [3.8, 4) is 5.75 Å². The van der Waals surface area contributed by atoms with Gasteiger partial charge in [0, 0.05) is 43.4 Å². The molecular weight excluding hydrogens is 427 g/mol. The number of hydrogen-bond donors (Lipinski definition) is 1. The SMILES string of the molecule is CCN1C(=O)c2c(O)c(=O)c(C(=O)CCc3c(F)cc(F)cc3F)cn2N2C[C@@H](C)C[C@@H]12. The summed E-state index contributed by atoms with van der Waals surface area (Å²) in [6.45, 7) is 4.74. The van der Waals surface area contributed by atoms with Crippen LogP contribution in [0.3, 0.4) is 0 Å². The molecular formula is C22H22F3N3O4. The van der Waals surface area contributed by atoms with Crippen molar-refractivity contribution < 1.29 is 27.9 Å². The monoisotopic (exact) mass is 449 g/mol. The lowest BCUT2D eigenvalue weighted by Gasteiger charge is -2.42. The maximum atomic E-state index is 13.9. The zero-order valence-corrected chi connectivity index (χ0v) is 17.6. The van der Waals surface area contributed by atoms with E-state index in [0.717, 1.165) is 0 Å². The Morgan fingerprint density at radius 1 is 1.19 bits per heavy atom. The largest absolute Gasteiger partial charge is 0.502 e. The highest BCUT2D eigenvalue weighted by Gasteiger charge is 2.44. The fraction of sp³-hybridized carbons (Fsp3) is 0.409. The van der Waals surface area contributed by atoms with Crippen molar-refractivity contribution in [3.05, 3.63) is 62.8 Å². The summed E-state index contributed by atoms with van der Waals surface area (Å²) in [4.78, 5) is 40.0. The summed E-state index contributed by atoms with van der Waals surface area (Å²) in [5.41, 5.74) is -2.08. The number of aromatic hydroxyl groups is 1. The van der Waals surface area contributed by atoms with Gasteiger partial charge in [-0.1, -0.05) is 6.92 Å². The first-order chi connectivity index (χ1) is 15.1. The maximum absolute atomic E-state index is 13.9. The first-order valence-electron chi connectivity index (χ1n) is 10.4. The Kier molecular flexibility index (Phi) is 5.47. The lowest BCUT2D eigenvalue weighted by atomic mass is 10.0. The summed E-state index contributed by atoms with van der Waals surface area (Å²) >= 11 is 0. The highest BCUT2D eigenvalue weighted by atomic mass is 19.1. The molecule has 2 atom stereocenters. The Bertz CT molecular complexity index is 1160. The predicted octanol–water partition coefficient (Wildman–Crippen LogP) is 2.57. The van der Waals surface area contributed by atoms with Crippen LogP contribution in [0.25, 0.3) is 0 Å². The van der Waals surface area contributed by atoms with E-state index in [-0.39, 0.29) is 23.3 Å². The molecule has 1 aromatic heterocycles. The van der Waals surface area contributed by atoms with Gasteiger partial charge in [0.1, 0.15) is 23.6 Å². The van der Waals surface area contributed by atoms with Crippen LogP contribution in [-0.2, 0) is 6.42 Å². The average Bonchev–Trinajstić information content (AvgIpc) is 3.10. The van der Waals surface area contributed by atoms with Gasteiger partial charge in [0.15, 0.2) is 17.2 Å². The molecule has 0 unspecified atom stereocenters. The van der Waals surface area contributed by atoms with Crippen LogP contribution in [0.4, 0.5) is 13.2 Å². The molecule has 32 heavy (non-hydrogen) atoms. The molecule has 1 amide bonds. The van der Waals surface area contributed by atoms with Gasteiger partial charge >= 0.3 is 0 Å². The molecule has 2 aromatic rings. The number of rotatable bonds is 5. The minimum atomic E-state index is -1.13. The molecule has 1 saturated heterocycles. The number of amides is 1. The number of halogens is 3. The van der Waals surface area contributed by atoms with Gasteiger partial charge in [0.2, 0.25) is 5.43 Å². The normalized spacial score (nSPS) is 19.8. The van der Waals surface area contributed by atoms with Crippen LogP contribution in [0.1, 0.15) is 53.1 Å². The minimum Gasteiger partial charge on any atom is -0.502 e. The van der Waals surface area contributed by atoms with Gasteiger partial charge in [0.25, 0.3) is 5.91 Å². The summed E-state index contributed by atoms with van der Waals surface area (Å²) in [7, 11) is 0. The fourth-order valence-electron chi connectivity index (χ4n) is 4.52. The van der Waals surface area contributed by atoms with Crippen molar-refractivity contribution in [1.29, 1.82) is 0 Å². The Labute approximate surface area is 181 Å². The predicted molar refractivity (Wildman–Crippen MR) is 109 cm³/mol. The van der Waals surface area contributed by atoms with E-state index in [1.165, 1.54) is 10.9 Å². The van der Waals surface area contributed by atoms with Crippen LogP contribution >= 0.6 is 0 Å². The van der Waals surface area contributed by atoms with E-state index >= 15 is 0 Å². The molecule has 0 aliphatic carbocycles. The number of nitrogens with zero attached hydrogens (tertiary/aromatic N) is 3. The topological polar surface area (TPSA) is 82.9 Å². The highest BCUT2D eigenvalue weighted by molar-refractivity contribution is 6.00. The highest BCUT2D eigenvalue weighted by Crippen LogP contribution is 2.32. The third-order valence-corrected chi connectivity index (χ3v) is 6.07. The molecule has 2 aliphatic heterocycles. The van der Waals surface area contributed by atoms with E-state index in [2.05, 4.69) is 0 Å². The van der Waals surface area contributed by atoms with Crippen molar-refractivity contribution >= 4 is 11.7 Å². The van der Waals surface area contributed by atoms with E-state index in [1.54, 1.807) is 11.8 Å². The summed E-state index contributed by atoms with van der Waals surface area (Å²) in [6.07, 6.45) is 0.792. The smallest absolute Gasteiger partial charge is 0.278 e. The molecule has 3 heterocycles. The number of fused-ring (bicyclic) bond motifs is 3. The summed E-state index contributed by atoms with van der Waals surface area (Å²) in [5.74, 6) is -5.19. The van der Waals surface area contributed by atoms with Crippen molar-refractivity contribution in [2.75, 3.05) is 18.1 Å². The number of pyridine rings is 1. The molecule has 1 aromatic carbocycles. The van der Waals surface area contributed by atoms with E-state index in [4.69, 9.17) is 0 Å².